The zero-order valence-electron chi connectivity index (χ0n) is 28.1. The monoisotopic (exact) mass is 680 g/mol. The van der Waals surface area contributed by atoms with Crippen molar-refractivity contribution in [2.75, 3.05) is 51.1 Å². The first kappa shape index (κ1) is 38.4. The summed E-state index contributed by atoms with van der Waals surface area (Å²) in [5, 5.41) is 15.6. The Morgan fingerprint density at radius 2 is 1.77 bits per heavy atom. The zero-order chi connectivity index (χ0) is 35.4. The van der Waals surface area contributed by atoms with Crippen molar-refractivity contribution in [3.8, 4) is 11.5 Å². The van der Waals surface area contributed by atoms with Crippen LogP contribution in [0.15, 0.2) is 42.5 Å². The number of benzene rings is 2. The molecule has 48 heavy (non-hydrogen) atoms. The first-order valence-corrected chi connectivity index (χ1v) is 16.1. The van der Waals surface area contributed by atoms with Crippen molar-refractivity contribution in [1.29, 1.82) is 0 Å². The molecule has 0 aliphatic carbocycles. The van der Waals surface area contributed by atoms with Gasteiger partial charge in [-0.1, -0.05) is 6.92 Å². The van der Waals surface area contributed by atoms with Crippen LogP contribution >= 0.6 is 0 Å². The third kappa shape index (κ3) is 11.9. The fourth-order valence-electron chi connectivity index (χ4n) is 5.24. The quantitative estimate of drug-likeness (QED) is 0.299. The van der Waals surface area contributed by atoms with Gasteiger partial charge in [0, 0.05) is 50.5 Å². The number of urea groups is 1. The third-order valence-electron chi connectivity index (χ3n) is 8.16. The maximum Gasteiger partial charge on any atom is 0.389 e. The fourth-order valence-corrected chi connectivity index (χ4v) is 5.24. The van der Waals surface area contributed by atoms with E-state index in [2.05, 4.69) is 10.6 Å². The molecule has 4 atom stereocenters. The van der Waals surface area contributed by atoms with Crippen LogP contribution < -0.4 is 20.1 Å². The molecule has 3 N–H and O–H groups in total. The van der Waals surface area contributed by atoms with E-state index in [0.717, 1.165) is 6.42 Å². The van der Waals surface area contributed by atoms with Crippen LogP contribution in [0.1, 0.15) is 63.2 Å². The van der Waals surface area contributed by atoms with Crippen LogP contribution in [0, 0.1) is 5.92 Å². The Hall–Kier alpha value is -4.04. The van der Waals surface area contributed by atoms with Crippen molar-refractivity contribution in [2.24, 2.45) is 5.92 Å². The van der Waals surface area contributed by atoms with Crippen molar-refractivity contribution in [3.05, 3.63) is 48.0 Å². The van der Waals surface area contributed by atoms with Crippen LogP contribution in [0.5, 0.6) is 11.5 Å². The first-order valence-electron chi connectivity index (χ1n) is 16.1. The third-order valence-corrected chi connectivity index (χ3v) is 8.16. The van der Waals surface area contributed by atoms with Crippen molar-refractivity contribution >= 4 is 29.2 Å². The van der Waals surface area contributed by atoms with Crippen LogP contribution in [-0.2, 0) is 9.53 Å². The summed E-state index contributed by atoms with van der Waals surface area (Å²) in [4.78, 5) is 42.3. The molecule has 0 bridgehead atoms. The highest BCUT2D eigenvalue weighted by Gasteiger charge is 2.32. The zero-order valence-corrected chi connectivity index (χ0v) is 28.1. The number of amides is 4. The summed E-state index contributed by atoms with van der Waals surface area (Å²) in [7, 11) is 2.98. The Balaban J connectivity index is 1.88. The molecule has 0 spiro atoms. The molecule has 11 nitrogen and oxygen atoms in total. The fraction of sp³-hybridized carbons (Fsp3) is 0.559. The van der Waals surface area contributed by atoms with E-state index in [0.29, 0.717) is 42.3 Å². The Bertz CT molecular complexity index is 1360. The lowest BCUT2D eigenvalue weighted by Crippen LogP contribution is -2.48. The summed E-state index contributed by atoms with van der Waals surface area (Å²) in [6, 6.07) is 10.4. The van der Waals surface area contributed by atoms with Gasteiger partial charge in [-0.2, -0.15) is 13.2 Å². The van der Waals surface area contributed by atoms with Crippen LogP contribution in [0.3, 0.4) is 0 Å². The van der Waals surface area contributed by atoms with Gasteiger partial charge in [-0.3, -0.25) is 9.59 Å². The smallest absolute Gasteiger partial charge is 0.389 e. The van der Waals surface area contributed by atoms with Gasteiger partial charge >= 0.3 is 12.2 Å². The number of nitrogens with zero attached hydrogens (tertiary/aromatic N) is 2. The summed E-state index contributed by atoms with van der Waals surface area (Å²) < 4.78 is 55.8. The number of aliphatic hydroxyl groups excluding tert-OH is 1. The molecule has 1 heterocycles. The molecule has 4 amide bonds. The molecule has 3 rings (SSSR count). The maximum absolute atomic E-state index is 14.2. The molecule has 0 fully saturated rings. The van der Waals surface area contributed by atoms with Crippen LogP contribution in [0.25, 0.3) is 0 Å². The van der Waals surface area contributed by atoms with Crippen LogP contribution in [-0.4, -0.2) is 97.6 Å². The van der Waals surface area contributed by atoms with Crippen molar-refractivity contribution in [1.82, 2.24) is 9.80 Å². The molecule has 0 aromatic heterocycles. The number of halogens is 3. The number of rotatable bonds is 9. The van der Waals surface area contributed by atoms with E-state index in [1.54, 1.807) is 50.4 Å². The molecular formula is C34H47F3N4O7. The number of fused-ring (bicyclic) bond motifs is 1. The van der Waals surface area contributed by atoms with E-state index in [4.69, 9.17) is 14.2 Å². The number of nitrogens with one attached hydrogen (secondary N) is 2. The molecular weight excluding hydrogens is 633 g/mol. The second kappa shape index (κ2) is 17.9. The average Bonchev–Trinajstić information content (AvgIpc) is 3.04. The molecule has 1 aliphatic rings. The molecule has 14 heteroatoms. The van der Waals surface area contributed by atoms with E-state index >= 15 is 0 Å². The van der Waals surface area contributed by atoms with Gasteiger partial charge in [0.25, 0.3) is 5.91 Å². The Morgan fingerprint density at radius 1 is 1.10 bits per heavy atom. The highest BCUT2D eigenvalue weighted by Crippen LogP contribution is 2.29. The van der Waals surface area contributed by atoms with Crippen LogP contribution in [0.4, 0.5) is 29.3 Å². The summed E-state index contributed by atoms with van der Waals surface area (Å²) >= 11 is 0. The largest absolute Gasteiger partial charge is 0.497 e. The van der Waals surface area contributed by atoms with Gasteiger partial charge in [0.2, 0.25) is 5.91 Å². The Kier molecular flexibility index (Phi) is 14.3. The van der Waals surface area contributed by atoms with Gasteiger partial charge in [0.15, 0.2) is 0 Å². The van der Waals surface area contributed by atoms with E-state index in [-0.39, 0.29) is 37.3 Å². The molecule has 0 saturated carbocycles. The van der Waals surface area contributed by atoms with E-state index in [1.165, 1.54) is 22.9 Å². The number of likely N-dealkylation sites (N-methyl/N-ethyl adjacent to an activating group) is 1. The van der Waals surface area contributed by atoms with Crippen molar-refractivity contribution < 1.29 is 46.9 Å². The summed E-state index contributed by atoms with van der Waals surface area (Å²) in [6.07, 6.45) is -5.14. The maximum atomic E-state index is 14.2. The summed E-state index contributed by atoms with van der Waals surface area (Å²) in [6.45, 7) is 5.52. The lowest BCUT2D eigenvalue weighted by molar-refractivity contribution is -0.149. The number of methoxy groups -OCH3 is 1. The molecule has 2 aromatic rings. The van der Waals surface area contributed by atoms with E-state index < -0.39 is 49.0 Å². The lowest BCUT2D eigenvalue weighted by Gasteiger charge is -2.36. The van der Waals surface area contributed by atoms with Crippen molar-refractivity contribution in [2.45, 2.75) is 77.3 Å². The number of hydrogen-bond donors (Lipinski definition) is 3. The average molecular weight is 681 g/mol. The topological polar surface area (TPSA) is 130 Å². The van der Waals surface area contributed by atoms with Gasteiger partial charge in [0.05, 0.1) is 44.0 Å². The van der Waals surface area contributed by atoms with Gasteiger partial charge in [-0.25, -0.2) is 4.79 Å². The molecule has 1 aliphatic heterocycles. The number of alkyl halides is 3. The number of carbonyl (C=O) groups excluding carboxylic acids is 3. The molecule has 266 valence electrons. The predicted octanol–water partition coefficient (Wildman–Crippen LogP) is 5.94. The molecule has 0 radical (unpaired) electrons. The van der Waals surface area contributed by atoms with Gasteiger partial charge in [-0.15, -0.1) is 0 Å². The Labute approximate surface area is 279 Å². The molecule has 2 aromatic carbocycles. The second-order valence-corrected chi connectivity index (χ2v) is 12.2. The van der Waals surface area contributed by atoms with Crippen molar-refractivity contribution in [3.63, 3.8) is 0 Å². The van der Waals surface area contributed by atoms with E-state index in [1.807, 2.05) is 13.8 Å². The van der Waals surface area contributed by atoms with Gasteiger partial charge < -0.3 is 39.8 Å². The number of hydrogen-bond acceptors (Lipinski definition) is 7. The minimum Gasteiger partial charge on any atom is -0.497 e. The lowest BCUT2D eigenvalue weighted by atomic mass is 10.0. The van der Waals surface area contributed by atoms with Gasteiger partial charge in [-0.05, 0) is 75.6 Å². The van der Waals surface area contributed by atoms with Gasteiger partial charge in [0.1, 0.15) is 11.5 Å². The number of anilines is 2. The summed E-state index contributed by atoms with van der Waals surface area (Å²) in [5.74, 6) is -0.555. The molecule has 0 unspecified atom stereocenters. The standard InChI is InChI=1S/C34H47F3N4O7/c1-22-19-41(23(2)21-42)32(44)28-18-26(39-33(45)38-25-9-12-27(46-5)13-10-25)11-14-29(28)48-24(3)8-6-7-17-47-30(22)20-40(4)31(43)15-16-34(35,36)37/h9-14,18,22-24,30,42H,6-8,15-17,19-21H2,1-5H3,(H2,38,39,45)/t22-,23+,24+,30-/m1/s1. The normalized spacial score (nSPS) is 20.1. The van der Waals surface area contributed by atoms with E-state index in [9.17, 15) is 32.7 Å². The number of aliphatic hydroxyl groups is 1. The number of carbonyl (C=O) groups is 3. The SMILES string of the molecule is COc1ccc(NC(=O)Nc2ccc3c(c2)C(=O)N([C@@H](C)CO)C[C@@H](C)[C@@H](CN(C)C(=O)CCC(F)(F)F)OCCCC[C@H](C)O3)cc1. The second-order valence-electron chi connectivity index (χ2n) is 12.2. The Morgan fingerprint density at radius 3 is 2.42 bits per heavy atom. The first-order chi connectivity index (χ1) is 22.7. The minimum atomic E-state index is -4.45. The highest BCUT2D eigenvalue weighted by molar-refractivity contribution is 6.02. The predicted molar refractivity (Wildman–Crippen MR) is 175 cm³/mol. The van der Waals surface area contributed by atoms with Crippen LogP contribution in [0.2, 0.25) is 0 Å². The minimum absolute atomic E-state index is 0.0286. The highest BCUT2D eigenvalue weighted by atomic mass is 19.4. The number of ether oxygens (including phenoxy) is 3. The molecule has 0 saturated heterocycles. The summed E-state index contributed by atoms with van der Waals surface area (Å²) in [5.41, 5.74) is 1.03.